The zero-order chi connectivity index (χ0) is 27.9. The maximum atomic E-state index is 13.2. The van der Waals surface area contributed by atoms with Crippen molar-refractivity contribution < 1.29 is 28.9 Å². The number of likely N-dealkylation sites (N-methyl/N-ethyl adjacent to an activating group) is 1. The highest BCUT2D eigenvalue weighted by molar-refractivity contribution is 9.10. The van der Waals surface area contributed by atoms with E-state index in [1.54, 1.807) is 30.2 Å². The summed E-state index contributed by atoms with van der Waals surface area (Å²) in [6, 6.07) is 17.5. The van der Waals surface area contributed by atoms with Crippen molar-refractivity contribution in [3.63, 3.8) is 0 Å². The molecule has 3 aromatic carbocycles. The first-order valence-electron chi connectivity index (χ1n) is 12.2. The van der Waals surface area contributed by atoms with Gasteiger partial charge in [-0.05, 0) is 91.3 Å². The molecule has 0 unspecified atom stereocenters. The summed E-state index contributed by atoms with van der Waals surface area (Å²) in [6.45, 7) is 4.94. The second-order valence-electron chi connectivity index (χ2n) is 8.30. The van der Waals surface area contributed by atoms with Crippen LogP contribution in [0.2, 0.25) is 0 Å². The molecule has 0 aliphatic carbocycles. The molecule has 1 saturated heterocycles. The van der Waals surface area contributed by atoms with E-state index in [9.17, 15) is 9.59 Å². The SMILES string of the molecule is CCOc1cc(/C=C2\SC(=Nc3ccc(OC)cc3)N(CC)C2=O)c(Br)cc1OCc1ccc(C(=O)O)cc1. The van der Waals surface area contributed by atoms with Crippen LogP contribution in [0.4, 0.5) is 5.69 Å². The first kappa shape index (κ1) is 28.3. The number of carboxylic acid groups (broad SMARTS) is 1. The highest BCUT2D eigenvalue weighted by Crippen LogP contribution is 2.39. The summed E-state index contributed by atoms with van der Waals surface area (Å²) < 4.78 is 17.8. The van der Waals surface area contributed by atoms with Crippen molar-refractivity contribution in [2.24, 2.45) is 4.99 Å². The molecule has 1 aliphatic rings. The van der Waals surface area contributed by atoms with Crippen LogP contribution in [0, 0.1) is 0 Å². The number of amides is 1. The minimum absolute atomic E-state index is 0.121. The quantitative estimate of drug-likeness (QED) is 0.253. The Balaban J connectivity index is 1.57. The van der Waals surface area contributed by atoms with Gasteiger partial charge >= 0.3 is 5.97 Å². The fourth-order valence-corrected chi connectivity index (χ4v) is 5.22. The van der Waals surface area contributed by atoms with Gasteiger partial charge in [-0.2, -0.15) is 0 Å². The molecule has 1 amide bonds. The van der Waals surface area contributed by atoms with E-state index in [0.29, 0.717) is 34.7 Å². The molecule has 0 spiro atoms. The lowest BCUT2D eigenvalue weighted by Crippen LogP contribution is -2.28. The van der Waals surface area contributed by atoms with Gasteiger partial charge < -0.3 is 19.3 Å². The number of nitrogens with zero attached hydrogens (tertiary/aromatic N) is 2. The second kappa shape index (κ2) is 12.9. The minimum atomic E-state index is -0.977. The van der Waals surface area contributed by atoms with E-state index in [0.717, 1.165) is 27.0 Å². The number of rotatable bonds is 10. The molecule has 8 nitrogen and oxygen atoms in total. The predicted molar refractivity (Wildman–Crippen MR) is 156 cm³/mol. The molecule has 0 radical (unpaired) electrons. The number of benzene rings is 3. The number of ether oxygens (including phenoxy) is 3. The lowest BCUT2D eigenvalue weighted by molar-refractivity contribution is -0.122. The summed E-state index contributed by atoms with van der Waals surface area (Å²) in [4.78, 5) is 31.1. The molecular formula is C29H27BrN2O6S. The monoisotopic (exact) mass is 610 g/mol. The summed E-state index contributed by atoms with van der Waals surface area (Å²) in [7, 11) is 1.61. The average molecular weight is 612 g/mol. The number of methoxy groups -OCH3 is 1. The molecular weight excluding hydrogens is 584 g/mol. The van der Waals surface area contributed by atoms with Gasteiger partial charge in [-0.1, -0.05) is 28.1 Å². The Bertz CT molecular complexity index is 1420. The van der Waals surface area contributed by atoms with E-state index in [-0.39, 0.29) is 18.1 Å². The molecule has 1 fully saturated rings. The third-order valence-electron chi connectivity index (χ3n) is 5.75. The van der Waals surface area contributed by atoms with Gasteiger partial charge in [0, 0.05) is 11.0 Å². The molecule has 0 aromatic heterocycles. The number of carboxylic acids is 1. The number of halogens is 1. The maximum Gasteiger partial charge on any atom is 0.335 e. The highest BCUT2D eigenvalue weighted by Gasteiger charge is 2.32. The summed E-state index contributed by atoms with van der Waals surface area (Å²) >= 11 is 4.92. The zero-order valence-electron chi connectivity index (χ0n) is 21.6. The number of aliphatic imine (C=N–C) groups is 1. The van der Waals surface area contributed by atoms with Gasteiger partial charge in [-0.3, -0.25) is 9.69 Å². The van der Waals surface area contributed by atoms with Crippen LogP contribution in [0.15, 0.2) is 75.0 Å². The Morgan fingerprint density at radius 3 is 2.36 bits per heavy atom. The lowest BCUT2D eigenvalue weighted by atomic mass is 10.1. The zero-order valence-corrected chi connectivity index (χ0v) is 24.0. The smallest absolute Gasteiger partial charge is 0.335 e. The first-order chi connectivity index (χ1) is 18.8. The third kappa shape index (κ3) is 6.82. The standard InChI is InChI=1S/C29H27BrN2O6S/c1-4-32-27(33)26(39-29(32)31-21-10-12-22(36-3)13-11-21)15-20-14-24(37-5-2)25(16-23(20)30)38-17-18-6-8-19(9-7-18)28(34)35/h6-16H,4-5,17H2,1-3H3,(H,34,35)/b26-15-,31-29?. The molecule has 10 heteroatoms. The van der Waals surface area contributed by atoms with E-state index in [4.69, 9.17) is 19.3 Å². The van der Waals surface area contributed by atoms with Crippen molar-refractivity contribution in [2.45, 2.75) is 20.5 Å². The number of thioether (sulfide) groups is 1. The van der Waals surface area contributed by atoms with E-state index in [2.05, 4.69) is 20.9 Å². The van der Waals surface area contributed by atoms with E-state index >= 15 is 0 Å². The van der Waals surface area contributed by atoms with Gasteiger partial charge in [-0.15, -0.1) is 0 Å². The van der Waals surface area contributed by atoms with Crippen LogP contribution < -0.4 is 14.2 Å². The molecule has 0 saturated carbocycles. The van der Waals surface area contributed by atoms with Gasteiger partial charge in [0.25, 0.3) is 5.91 Å². The van der Waals surface area contributed by atoms with Gasteiger partial charge in [0.2, 0.25) is 0 Å². The van der Waals surface area contributed by atoms with E-state index in [1.165, 1.54) is 23.9 Å². The fourth-order valence-electron chi connectivity index (χ4n) is 3.73. The highest BCUT2D eigenvalue weighted by atomic mass is 79.9. The van der Waals surface area contributed by atoms with Crippen LogP contribution in [0.25, 0.3) is 6.08 Å². The van der Waals surface area contributed by atoms with Crippen molar-refractivity contribution in [2.75, 3.05) is 20.3 Å². The number of carbonyl (C=O) groups excluding carboxylic acids is 1. The number of amidine groups is 1. The van der Waals surface area contributed by atoms with Crippen LogP contribution in [0.5, 0.6) is 17.2 Å². The Morgan fingerprint density at radius 1 is 1.05 bits per heavy atom. The van der Waals surface area contributed by atoms with Gasteiger partial charge in [0.1, 0.15) is 12.4 Å². The molecule has 4 rings (SSSR count). The van der Waals surface area contributed by atoms with Crippen molar-refractivity contribution in [3.05, 3.63) is 86.7 Å². The average Bonchev–Trinajstić information content (AvgIpc) is 3.23. The number of hydrogen-bond acceptors (Lipinski definition) is 7. The van der Waals surface area contributed by atoms with Crippen LogP contribution in [0.1, 0.15) is 35.3 Å². The predicted octanol–water partition coefficient (Wildman–Crippen LogP) is 6.76. The Hall–Kier alpha value is -3.76. The largest absolute Gasteiger partial charge is 0.497 e. The normalized spacial score (nSPS) is 15.2. The molecule has 3 aromatic rings. The Labute approximate surface area is 239 Å². The van der Waals surface area contributed by atoms with Gasteiger partial charge in [-0.25, -0.2) is 9.79 Å². The van der Waals surface area contributed by atoms with E-state index in [1.807, 2.05) is 50.3 Å². The van der Waals surface area contributed by atoms with Crippen molar-refractivity contribution in [3.8, 4) is 17.2 Å². The summed E-state index contributed by atoms with van der Waals surface area (Å²) in [6.07, 6.45) is 1.81. The molecule has 202 valence electrons. The molecule has 1 N–H and O–H groups in total. The molecule has 0 bridgehead atoms. The van der Waals surface area contributed by atoms with Crippen LogP contribution >= 0.6 is 27.7 Å². The topological polar surface area (TPSA) is 97.7 Å². The maximum absolute atomic E-state index is 13.2. The van der Waals surface area contributed by atoms with Gasteiger partial charge in [0.05, 0.1) is 29.9 Å². The van der Waals surface area contributed by atoms with Crippen molar-refractivity contribution in [1.82, 2.24) is 4.90 Å². The van der Waals surface area contributed by atoms with Crippen LogP contribution in [-0.2, 0) is 11.4 Å². The number of aromatic carboxylic acids is 1. The molecule has 1 heterocycles. The van der Waals surface area contributed by atoms with Crippen LogP contribution in [-0.4, -0.2) is 47.3 Å². The second-order valence-corrected chi connectivity index (χ2v) is 10.2. The molecule has 39 heavy (non-hydrogen) atoms. The number of carbonyl (C=O) groups is 2. The minimum Gasteiger partial charge on any atom is -0.497 e. The Morgan fingerprint density at radius 2 is 1.74 bits per heavy atom. The Kier molecular flexibility index (Phi) is 9.32. The third-order valence-corrected chi connectivity index (χ3v) is 7.44. The molecule has 0 atom stereocenters. The van der Waals surface area contributed by atoms with E-state index < -0.39 is 5.97 Å². The lowest BCUT2D eigenvalue weighted by Gasteiger charge is -2.14. The van der Waals surface area contributed by atoms with Crippen LogP contribution in [0.3, 0.4) is 0 Å². The fraction of sp³-hybridized carbons (Fsp3) is 0.207. The number of hydrogen-bond donors (Lipinski definition) is 1. The van der Waals surface area contributed by atoms with Crippen molar-refractivity contribution in [1.29, 1.82) is 0 Å². The van der Waals surface area contributed by atoms with Gasteiger partial charge in [0.15, 0.2) is 16.7 Å². The van der Waals surface area contributed by atoms with Crippen molar-refractivity contribution >= 4 is 56.5 Å². The summed E-state index contributed by atoms with van der Waals surface area (Å²) in [5.74, 6) is 0.695. The summed E-state index contributed by atoms with van der Waals surface area (Å²) in [5, 5.41) is 9.69. The summed E-state index contributed by atoms with van der Waals surface area (Å²) in [5.41, 5.74) is 2.52. The first-order valence-corrected chi connectivity index (χ1v) is 13.8. The molecule has 1 aliphatic heterocycles.